The monoisotopic (exact) mass is 341 g/mol. The van der Waals surface area contributed by atoms with Gasteiger partial charge in [-0.2, -0.15) is 13.2 Å². The van der Waals surface area contributed by atoms with Crippen molar-refractivity contribution in [1.29, 1.82) is 0 Å². The minimum atomic E-state index is -4.33. The molecule has 1 atom stereocenters. The molecule has 24 heavy (non-hydrogen) atoms. The highest BCUT2D eigenvalue weighted by Crippen LogP contribution is 2.37. The Morgan fingerprint density at radius 3 is 2.71 bits per heavy atom. The highest BCUT2D eigenvalue weighted by Gasteiger charge is 2.37. The van der Waals surface area contributed by atoms with Gasteiger partial charge in [0.15, 0.2) is 5.96 Å². The Balaban J connectivity index is 1.83. The van der Waals surface area contributed by atoms with Crippen molar-refractivity contribution >= 4 is 5.96 Å². The quantitative estimate of drug-likeness (QED) is 0.889. The standard InChI is InChI=1S/C17H22F3N3O/c1-12-10-21-15(23-12)22-11-16(5-7-24-8-6-16)13-3-2-4-14(9-13)17(18,19)20/h2-4,9,12H,5-8,10-11H2,1H3,(H2,21,22,23). The fourth-order valence-electron chi connectivity index (χ4n) is 3.27. The van der Waals surface area contributed by atoms with Crippen LogP contribution in [0.3, 0.4) is 0 Å². The number of guanidine groups is 1. The number of hydrogen-bond acceptors (Lipinski definition) is 4. The number of rotatable bonds is 3. The summed E-state index contributed by atoms with van der Waals surface area (Å²) in [5, 5.41) is 6.51. The molecule has 0 aromatic heterocycles. The lowest BCUT2D eigenvalue weighted by Gasteiger charge is -2.38. The Morgan fingerprint density at radius 1 is 1.33 bits per heavy atom. The molecule has 1 aromatic rings. The summed E-state index contributed by atoms with van der Waals surface area (Å²) in [7, 11) is 0. The Kier molecular flexibility index (Phi) is 4.71. The van der Waals surface area contributed by atoms with Crippen LogP contribution in [0.1, 0.15) is 30.9 Å². The van der Waals surface area contributed by atoms with Crippen molar-refractivity contribution in [1.82, 2.24) is 10.6 Å². The zero-order valence-electron chi connectivity index (χ0n) is 13.6. The summed E-state index contributed by atoms with van der Waals surface area (Å²) in [6.07, 6.45) is -2.96. The molecular formula is C17H22F3N3O. The number of ether oxygens (including phenoxy) is 1. The second-order valence-electron chi connectivity index (χ2n) is 6.56. The summed E-state index contributed by atoms with van der Waals surface area (Å²) >= 11 is 0. The molecule has 7 heteroatoms. The zero-order chi connectivity index (χ0) is 17.2. The first kappa shape index (κ1) is 17.1. The van der Waals surface area contributed by atoms with Gasteiger partial charge < -0.3 is 15.4 Å². The van der Waals surface area contributed by atoms with Gasteiger partial charge in [0, 0.05) is 31.2 Å². The first-order valence-electron chi connectivity index (χ1n) is 8.19. The van der Waals surface area contributed by atoms with Gasteiger partial charge in [-0.05, 0) is 31.4 Å². The number of alkyl halides is 3. The molecule has 0 aliphatic carbocycles. The number of hydrogen-bond donors (Lipinski definition) is 2. The summed E-state index contributed by atoms with van der Waals surface area (Å²) in [5.41, 5.74) is -0.272. The minimum Gasteiger partial charge on any atom is -0.381 e. The second-order valence-corrected chi connectivity index (χ2v) is 6.56. The van der Waals surface area contributed by atoms with Gasteiger partial charge in [0.1, 0.15) is 0 Å². The topological polar surface area (TPSA) is 45.7 Å². The molecule has 0 bridgehead atoms. The van der Waals surface area contributed by atoms with Crippen LogP contribution >= 0.6 is 0 Å². The molecule has 4 nitrogen and oxygen atoms in total. The van der Waals surface area contributed by atoms with Crippen LogP contribution in [0.4, 0.5) is 13.2 Å². The maximum Gasteiger partial charge on any atom is 0.416 e. The number of nitrogens with one attached hydrogen (secondary N) is 2. The van der Waals surface area contributed by atoms with E-state index in [0.717, 1.165) is 12.0 Å². The van der Waals surface area contributed by atoms with E-state index in [9.17, 15) is 13.2 Å². The van der Waals surface area contributed by atoms with Gasteiger partial charge in [-0.15, -0.1) is 0 Å². The van der Waals surface area contributed by atoms with Crippen LogP contribution in [0.25, 0.3) is 0 Å². The van der Waals surface area contributed by atoms with Crippen LogP contribution < -0.4 is 10.6 Å². The molecule has 3 rings (SSSR count). The van der Waals surface area contributed by atoms with Crippen LogP contribution in [0.15, 0.2) is 29.3 Å². The van der Waals surface area contributed by atoms with Gasteiger partial charge >= 0.3 is 6.18 Å². The molecule has 0 saturated carbocycles. The predicted molar refractivity (Wildman–Crippen MR) is 86.1 cm³/mol. The fraction of sp³-hybridized carbons (Fsp3) is 0.588. The van der Waals surface area contributed by atoms with Crippen molar-refractivity contribution in [3.8, 4) is 0 Å². The molecular weight excluding hydrogens is 319 g/mol. The summed E-state index contributed by atoms with van der Waals surface area (Å²) in [5.74, 6) is 0.723. The zero-order valence-corrected chi connectivity index (χ0v) is 13.6. The van der Waals surface area contributed by atoms with Gasteiger partial charge in [0.25, 0.3) is 0 Å². The average molecular weight is 341 g/mol. The van der Waals surface area contributed by atoms with E-state index in [4.69, 9.17) is 4.74 Å². The van der Waals surface area contributed by atoms with Crippen LogP contribution in [0, 0.1) is 0 Å². The van der Waals surface area contributed by atoms with E-state index in [1.807, 2.05) is 6.92 Å². The molecule has 2 heterocycles. The van der Waals surface area contributed by atoms with E-state index in [0.29, 0.717) is 44.7 Å². The molecule has 2 aliphatic rings. The maximum absolute atomic E-state index is 13.1. The predicted octanol–water partition coefficient (Wildman–Crippen LogP) is 2.69. The van der Waals surface area contributed by atoms with Crippen molar-refractivity contribution in [2.75, 3.05) is 26.3 Å². The van der Waals surface area contributed by atoms with Crippen molar-refractivity contribution in [3.05, 3.63) is 35.4 Å². The third-order valence-corrected chi connectivity index (χ3v) is 4.75. The van der Waals surface area contributed by atoms with Crippen molar-refractivity contribution < 1.29 is 17.9 Å². The largest absolute Gasteiger partial charge is 0.416 e. The summed E-state index contributed by atoms with van der Waals surface area (Å²) in [4.78, 5) is 4.37. The third-order valence-electron chi connectivity index (χ3n) is 4.75. The average Bonchev–Trinajstić information content (AvgIpc) is 2.99. The molecule has 2 N–H and O–H groups in total. The Morgan fingerprint density at radius 2 is 2.08 bits per heavy atom. The molecule has 1 saturated heterocycles. The van der Waals surface area contributed by atoms with Crippen molar-refractivity contribution in [2.24, 2.45) is 4.99 Å². The Hall–Kier alpha value is -1.76. The van der Waals surface area contributed by atoms with E-state index in [1.54, 1.807) is 6.07 Å². The Bertz CT molecular complexity index is 609. The van der Waals surface area contributed by atoms with E-state index in [-0.39, 0.29) is 11.5 Å². The van der Waals surface area contributed by atoms with Crippen molar-refractivity contribution in [2.45, 2.75) is 37.4 Å². The van der Waals surface area contributed by atoms with E-state index in [1.165, 1.54) is 12.1 Å². The maximum atomic E-state index is 13.1. The molecule has 0 radical (unpaired) electrons. The van der Waals surface area contributed by atoms with E-state index < -0.39 is 11.7 Å². The van der Waals surface area contributed by atoms with Gasteiger partial charge in [-0.1, -0.05) is 18.2 Å². The van der Waals surface area contributed by atoms with E-state index in [2.05, 4.69) is 15.6 Å². The first-order valence-corrected chi connectivity index (χ1v) is 8.19. The minimum absolute atomic E-state index is 0.284. The second kappa shape index (κ2) is 6.63. The number of nitrogens with zero attached hydrogens (tertiary/aromatic N) is 1. The van der Waals surface area contributed by atoms with Gasteiger partial charge in [-0.25, -0.2) is 0 Å². The molecule has 0 amide bonds. The molecule has 1 unspecified atom stereocenters. The van der Waals surface area contributed by atoms with Crippen molar-refractivity contribution in [3.63, 3.8) is 0 Å². The first-order chi connectivity index (χ1) is 11.4. The lowest BCUT2D eigenvalue weighted by Crippen LogP contribution is -2.47. The molecule has 1 fully saturated rings. The lowest BCUT2D eigenvalue weighted by molar-refractivity contribution is -0.137. The van der Waals surface area contributed by atoms with Crippen LogP contribution in [0.2, 0.25) is 0 Å². The molecule has 2 aliphatic heterocycles. The summed E-state index contributed by atoms with van der Waals surface area (Å²) < 4.78 is 44.6. The number of halogens is 3. The molecule has 1 aromatic carbocycles. The highest BCUT2D eigenvalue weighted by atomic mass is 19.4. The van der Waals surface area contributed by atoms with E-state index >= 15 is 0 Å². The summed E-state index contributed by atoms with van der Waals surface area (Å²) in [6, 6.07) is 5.96. The lowest BCUT2D eigenvalue weighted by atomic mass is 9.73. The molecule has 132 valence electrons. The highest BCUT2D eigenvalue weighted by molar-refractivity contribution is 5.81. The third kappa shape index (κ3) is 3.66. The van der Waals surface area contributed by atoms with Gasteiger partial charge in [-0.3, -0.25) is 4.99 Å². The van der Waals surface area contributed by atoms with Gasteiger partial charge in [0.05, 0.1) is 12.1 Å². The van der Waals surface area contributed by atoms with Crippen LogP contribution in [0.5, 0.6) is 0 Å². The Labute approximate surface area is 139 Å². The van der Waals surface area contributed by atoms with Crippen LogP contribution in [-0.2, 0) is 16.3 Å². The fourth-order valence-corrected chi connectivity index (χ4v) is 3.27. The SMILES string of the molecule is CC1CN=C(NCC2(c3cccc(C(F)(F)F)c3)CCOCC2)N1. The van der Waals surface area contributed by atoms with Gasteiger partial charge in [0.2, 0.25) is 0 Å². The normalized spacial score (nSPS) is 23.5. The number of benzene rings is 1. The number of aliphatic imine (C=N–C) groups is 1. The van der Waals surface area contributed by atoms with Crippen LogP contribution in [-0.4, -0.2) is 38.3 Å². The summed E-state index contributed by atoms with van der Waals surface area (Å²) in [6.45, 7) is 4.38. The molecule has 0 spiro atoms. The smallest absolute Gasteiger partial charge is 0.381 e.